The van der Waals surface area contributed by atoms with E-state index in [-0.39, 0.29) is 0 Å². The predicted octanol–water partition coefficient (Wildman–Crippen LogP) is 2.55. The van der Waals surface area contributed by atoms with Crippen LogP contribution in [0.5, 0.6) is 0 Å². The summed E-state index contributed by atoms with van der Waals surface area (Å²) in [6, 6.07) is 3.73. The molecule has 1 N–H and O–H groups in total. The Bertz CT molecular complexity index is 519. The molecule has 1 unspecified atom stereocenters. The lowest BCUT2D eigenvalue weighted by Gasteiger charge is -2.22. The summed E-state index contributed by atoms with van der Waals surface area (Å²) in [5, 5.41) is 10.5. The van der Waals surface area contributed by atoms with Gasteiger partial charge in [-0.15, -0.1) is 0 Å². The number of hydrogen-bond acceptors (Lipinski definition) is 3. The van der Waals surface area contributed by atoms with E-state index in [0.717, 1.165) is 36.5 Å². The van der Waals surface area contributed by atoms with Crippen molar-refractivity contribution in [2.24, 2.45) is 0 Å². The molecule has 0 bridgehead atoms. The Balaban J connectivity index is 2.00. The van der Waals surface area contributed by atoms with Gasteiger partial charge in [0.1, 0.15) is 17.8 Å². The summed E-state index contributed by atoms with van der Waals surface area (Å²) in [5.74, 6) is 1.60. The number of hydrogen-bond donors (Lipinski definition) is 1. The number of furan rings is 1. The molecule has 0 aliphatic carbocycles. The number of fused-ring (bicyclic) bond motifs is 1. The Morgan fingerprint density at radius 2 is 2.47 bits per heavy atom. The van der Waals surface area contributed by atoms with Gasteiger partial charge in [-0.05, 0) is 31.4 Å². The summed E-state index contributed by atoms with van der Waals surface area (Å²) in [6.45, 7) is 0. The van der Waals surface area contributed by atoms with E-state index < -0.39 is 6.23 Å². The van der Waals surface area contributed by atoms with E-state index in [1.165, 1.54) is 0 Å². The number of halogens is 1. The lowest BCUT2D eigenvalue weighted by atomic mass is 10.1. The third-order valence-electron chi connectivity index (χ3n) is 3.12. The van der Waals surface area contributed by atoms with E-state index in [9.17, 15) is 5.11 Å². The number of aliphatic hydroxyl groups is 1. The summed E-state index contributed by atoms with van der Waals surface area (Å²) in [6.07, 6.45) is 4.26. The average Bonchev–Trinajstić information content (AvgIpc) is 2.90. The molecule has 1 aliphatic heterocycles. The Hall–Kier alpha value is -1.26. The van der Waals surface area contributed by atoms with Crippen LogP contribution in [0.4, 0.5) is 0 Å². The van der Waals surface area contributed by atoms with Gasteiger partial charge in [-0.3, -0.25) is 0 Å². The highest BCUT2D eigenvalue weighted by atomic mass is 35.5. The van der Waals surface area contributed by atoms with Crippen LogP contribution in [0, 0.1) is 0 Å². The number of rotatable bonds is 2. The fraction of sp³-hybridized carbons (Fsp3) is 0.417. The third kappa shape index (κ3) is 1.87. The zero-order chi connectivity index (χ0) is 11.8. The van der Waals surface area contributed by atoms with Gasteiger partial charge in [-0.25, -0.2) is 4.98 Å². The number of aromatic nitrogens is 2. The zero-order valence-corrected chi connectivity index (χ0v) is 10.0. The molecule has 3 rings (SSSR count). The summed E-state index contributed by atoms with van der Waals surface area (Å²) in [7, 11) is 0. The van der Waals surface area contributed by atoms with Gasteiger partial charge in [0.2, 0.25) is 0 Å². The summed E-state index contributed by atoms with van der Waals surface area (Å²) >= 11 is 6.09. The predicted molar refractivity (Wildman–Crippen MR) is 62.9 cm³/mol. The molecule has 1 atom stereocenters. The van der Waals surface area contributed by atoms with Gasteiger partial charge in [0.25, 0.3) is 0 Å². The standard InChI is InChI=1S/C12H13ClN2O2/c13-12-9-4-1-5-11(16)15(9)10(14-12)7-8-3-2-6-17-8/h2-3,6,11,16H,1,4-5,7H2. The number of nitrogens with zero attached hydrogens (tertiary/aromatic N) is 2. The molecule has 0 spiro atoms. The first kappa shape index (κ1) is 10.9. The summed E-state index contributed by atoms with van der Waals surface area (Å²) in [4.78, 5) is 4.33. The van der Waals surface area contributed by atoms with Gasteiger partial charge in [0.15, 0.2) is 5.15 Å². The zero-order valence-electron chi connectivity index (χ0n) is 9.27. The van der Waals surface area contributed by atoms with Gasteiger partial charge in [0.05, 0.1) is 18.4 Å². The molecule has 2 aromatic heterocycles. The molecule has 0 radical (unpaired) electrons. The fourth-order valence-corrected chi connectivity index (χ4v) is 2.62. The molecule has 90 valence electrons. The lowest BCUT2D eigenvalue weighted by molar-refractivity contribution is 0.0760. The van der Waals surface area contributed by atoms with E-state index in [1.54, 1.807) is 6.26 Å². The van der Waals surface area contributed by atoms with Crippen molar-refractivity contribution in [1.29, 1.82) is 0 Å². The van der Waals surface area contributed by atoms with Gasteiger partial charge < -0.3 is 14.1 Å². The minimum atomic E-state index is -0.510. The highest BCUT2D eigenvalue weighted by molar-refractivity contribution is 6.30. The van der Waals surface area contributed by atoms with Crippen LogP contribution in [-0.2, 0) is 12.8 Å². The largest absolute Gasteiger partial charge is 0.469 e. The Morgan fingerprint density at radius 1 is 1.59 bits per heavy atom. The highest BCUT2D eigenvalue weighted by Crippen LogP contribution is 2.30. The second kappa shape index (κ2) is 4.20. The van der Waals surface area contributed by atoms with Crippen LogP contribution < -0.4 is 0 Å². The van der Waals surface area contributed by atoms with Crippen LogP contribution in [-0.4, -0.2) is 14.7 Å². The quantitative estimate of drug-likeness (QED) is 0.894. The minimum absolute atomic E-state index is 0.505. The first-order chi connectivity index (χ1) is 8.25. The van der Waals surface area contributed by atoms with Crippen LogP contribution >= 0.6 is 11.6 Å². The monoisotopic (exact) mass is 252 g/mol. The molecule has 0 saturated carbocycles. The Morgan fingerprint density at radius 3 is 3.24 bits per heavy atom. The van der Waals surface area contributed by atoms with Crippen molar-refractivity contribution < 1.29 is 9.52 Å². The molecule has 0 fully saturated rings. The molecular weight excluding hydrogens is 240 g/mol. The molecular formula is C12H13ClN2O2. The van der Waals surface area contributed by atoms with Crippen molar-refractivity contribution >= 4 is 11.6 Å². The van der Waals surface area contributed by atoms with Gasteiger partial charge in [0, 0.05) is 0 Å². The summed E-state index contributed by atoms with van der Waals surface area (Å²) in [5.41, 5.74) is 0.937. The maximum atomic E-state index is 10.0. The van der Waals surface area contributed by atoms with Gasteiger partial charge in [-0.1, -0.05) is 11.6 Å². The van der Waals surface area contributed by atoms with E-state index in [1.807, 2.05) is 16.7 Å². The van der Waals surface area contributed by atoms with E-state index in [0.29, 0.717) is 11.6 Å². The first-order valence-corrected chi connectivity index (χ1v) is 6.09. The molecule has 3 heterocycles. The molecule has 4 nitrogen and oxygen atoms in total. The topological polar surface area (TPSA) is 51.2 Å². The van der Waals surface area contributed by atoms with Gasteiger partial charge in [-0.2, -0.15) is 0 Å². The molecule has 17 heavy (non-hydrogen) atoms. The molecule has 0 amide bonds. The van der Waals surface area contributed by atoms with E-state index >= 15 is 0 Å². The van der Waals surface area contributed by atoms with Gasteiger partial charge >= 0.3 is 0 Å². The normalized spacial score (nSPS) is 19.3. The number of aliphatic hydroxyl groups excluding tert-OH is 1. The van der Waals surface area contributed by atoms with Crippen molar-refractivity contribution in [3.63, 3.8) is 0 Å². The van der Waals surface area contributed by atoms with Crippen LogP contribution in [0.2, 0.25) is 5.15 Å². The second-order valence-electron chi connectivity index (χ2n) is 4.26. The Labute approximate surface area is 104 Å². The Kier molecular flexibility index (Phi) is 2.68. The molecule has 0 aromatic carbocycles. The van der Waals surface area contributed by atoms with Crippen molar-refractivity contribution in [2.75, 3.05) is 0 Å². The van der Waals surface area contributed by atoms with Crippen molar-refractivity contribution in [2.45, 2.75) is 31.9 Å². The van der Waals surface area contributed by atoms with E-state index in [4.69, 9.17) is 16.0 Å². The minimum Gasteiger partial charge on any atom is -0.469 e. The second-order valence-corrected chi connectivity index (χ2v) is 4.62. The lowest BCUT2D eigenvalue weighted by Crippen LogP contribution is -2.19. The van der Waals surface area contributed by atoms with E-state index in [2.05, 4.69) is 4.98 Å². The van der Waals surface area contributed by atoms with Crippen LogP contribution in [0.15, 0.2) is 22.8 Å². The van der Waals surface area contributed by atoms with Crippen molar-refractivity contribution in [1.82, 2.24) is 9.55 Å². The average molecular weight is 253 g/mol. The number of imidazole rings is 1. The smallest absolute Gasteiger partial charge is 0.150 e. The van der Waals surface area contributed by atoms with Crippen LogP contribution in [0.1, 0.15) is 36.3 Å². The molecule has 1 aliphatic rings. The maximum Gasteiger partial charge on any atom is 0.150 e. The SMILES string of the molecule is OC1CCCc2c(Cl)nc(Cc3ccco3)n21. The molecule has 2 aromatic rings. The fourth-order valence-electron chi connectivity index (χ4n) is 2.34. The first-order valence-electron chi connectivity index (χ1n) is 5.71. The third-order valence-corrected chi connectivity index (χ3v) is 3.42. The highest BCUT2D eigenvalue weighted by Gasteiger charge is 2.25. The van der Waals surface area contributed by atoms with Crippen molar-refractivity contribution in [3.05, 3.63) is 40.8 Å². The maximum absolute atomic E-state index is 10.0. The summed E-state index contributed by atoms with van der Waals surface area (Å²) < 4.78 is 7.14. The van der Waals surface area contributed by atoms with Crippen LogP contribution in [0.25, 0.3) is 0 Å². The van der Waals surface area contributed by atoms with Crippen LogP contribution in [0.3, 0.4) is 0 Å². The molecule has 5 heteroatoms. The van der Waals surface area contributed by atoms with Crippen molar-refractivity contribution in [3.8, 4) is 0 Å². The molecule has 0 saturated heterocycles.